The monoisotopic (exact) mass is 258 g/mol. The van der Waals surface area contributed by atoms with Gasteiger partial charge in [0.15, 0.2) is 0 Å². The van der Waals surface area contributed by atoms with Crippen LogP contribution in [-0.4, -0.2) is 47.8 Å². The zero-order valence-corrected chi connectivity index (χ0v) is 10.5. The predicted octanol–water partition coefficient (Wildman–Crippen LogP) is -0.282. The normalized spacial score (nSPS) is 21.3. The van der Waals surface area contributed by atoms with Crippen molar-refractivity contribution < 1.29 is 19.8 Å². The number of carbonyl (C=O) groups excluding carboxylic acids is 1. The summed E-state index contributed by atoms with van der Waals surface area (Å²) in [5, 5.41) is 23.3. The van der Waals surface area contributed by atoms with Crippen molar-refractivity contribution >= 4 is 11.9 Å². The number of amides is 1. The van der Waals surface area contributed by atoms with E-state index in [-0.39, 0.29) is 18.9 Å². The third-order valence-corrected chi connectivity index (χ3v) is 3.23. The van der Waals surface area contributed by atoms with E-state index in [9.17, 15) is 9.59 Å². The molecular formula is C12H22N2O4. The van der Waals surface area contributed by atoms with E-state index < -0.39 is 12.0 Å². The summed E-state index contributed by atoms with van der Waals surface area (Å²) in [4.78, 5) is 22.4. The summed E-state index contributed by atoms with van der Waals surface area (Å²) >= 11 is 0. The molecule has 1 heterocycles. The van der Waals surface area contributed by atoms with Crippen LogP contribution in [0.4, 0.5) is 0 Å². The van der Waals surface area contributed by atoms with E-state index in [0.29, 0.717) is 12.3 Å². The highest BCUT2D eigenvalue weighted by molar-refractivity contribution is 5.83. The number of aliphatic carboxylic acids is 1. The number of nitrogens with one attached hydrogen (secondary N) is 2. The van der Waals surface area contributed by atoms with Crippen LogP contribution in [0.1, 0.15) is 32.1 Å². The number of aliphatic hydroxyl groups excluding tert-OH is 1. The highest BCUT2D eigenvalue weighted by Crippen LogP contribution is 2.15. The second kappa shape index (κ2) is 8.05. The number of aliphatic hydroxyl groups is 1. The van der Waals surface area contributed by atoms with E-state index >= 15 is 0 Å². The topological polar surface area (TPSA) is 98.7 Å². The van der Waals surface area contributed by atoms with Crippen molar-refractivity contribution in [1.29, 1.82) is 0 Å². The first-order chi connectivity index (χ1) is 8.63. The van der Waals surface area contributed by atoms with E-state index in [1.807, 2.05) is 0 Å². The number of rotatable bonds is 7. The maximum absolute atomic E-state index is 11.6. The molecule has 18 heavy (non-hydrogen) atoms. The minimum atomic E-state index is -1.10. The quantitative estimate of drug-likeness (QED) is 0.503. The van der Waals surface area contributed by atoms with E-state index in [0.717, 1.165) is 32.4 Å². The Morgan fingerprint density at radius 1 is 1.44 bits per heavy atom. The van der Waals surface area contributed by atoms with Crippen LogP contribution < -0.4 is 10.6 Å². The first kappa shape index (κ1) is 14.9. The molecule has 0 bridgehead atoms. The Morgan fingerprint density at radius 2 is 2.22 bits per heavy atom. The second-order valence-corrected chi connectivity index (χ2v) is 4.72. The zero-order chi connectivity index (χ0) is 13.4. The molecular weight excluding hydrogens is 236 g/mol. The minimum Gasteiger partial charge on any atom is -0.480 e. The smallest absolute Gasteiger partial charge is 0.326 e. The van der Waals surface area contributed by atoms with Gasteiger partial charge in [0.1, 0.15) is 6.04 Å². The average molecular weight is 258 g/mol. The number of carboxylic acids is 1. The van der Waals surface area contributed by atoms with Gasteiger partial charge in [0.05, 0.1) is 0 Å². The minimum absolute atomic E-state index is 0.0477. The number of hydrogen-bond donors (Lipinski definition) is 4. The van der Waals surface area contributed by atoms with Crippen LogP contribution in [0, 0.1) is 5.92 Å². The fraction of sp³-hybridized carbons (Fsp3) is 0.833. The van der Waals surface area contributed by atoms with Crippen molar-refractivity contribution in [3.8, 4) is 0 Å². The number of piperidine rings is 1. The van der Waals surface area contributed by atoms with Crippen molar-refractivity contribution in [2.75, 3.05) is 19.7 Å². The Labute approximate surface area is 107 Å². The zero-order valence-electron chi connectivity index (χ0n) is 10.5. The molecule has 0 aromatic rings. The summed E-state index contributed by atoms with van der Waals surface area (Å²) in [6.07, 6.45) is 3.44. The lowest BCUT2D eigenvalue weighted by Gasteiger charge is -2.22. The predicted molar refractivity (Wildman–Crippen MR) is 66.1 cm³/mol. The third-order valence-electron chi connectivity index (χ3n) is 3.23. The standard InChI is InChI=1S/C12H22N2O4/c15-7-5-10(12(17)18)14-11(16)4-3-9-2-1-6-13-8-9/h9-10,13,15H,1-8H2,(H,14,16)(H,17,18)/t9?,10-/m0/s1. The summed E-state index contributed by atoms with van der Waals surface area (Å²) in [7, 11) is 0. The lowest BCUT2D eigenvalue weighted by molar-refractivity contribution is -0.142. The van der Waals surface area contributed by atoms with Gasteiger partial charge < -0.3 is 20.8 Å². The molecule has 0 radical (unpaired) electrons. The fourth-order valence-electron chi connectivity index (χ4n) is 2.16. The summed E-state index contributed by atoms with van der Waals surface area (Å²) < 4.78 is 0. The lowest BCUT2D eigenvalue weighted by Crippen LogP contribution is -2.41. The van der Waals surface area contributed by atoms with Crippen LogP contribution in [0.5, 0.6) is 0 Å². The molecule has 1 aliphatic heterocycles. The third kappa shape index (κ3) is 5.46. The van der Waals surface area contributed by atoms with Gasteiger partial charge in [0.2, 0.25) is 5.91 Å². The number of carbonyl (C=O) groups is 2. The van der Waals surface area contributed by atoms with Crippen molar-refractivity contribution in [3.63, 3.8) is 0 Å². The van der Waals surface area contributed by atoms with Crippen LogP contribution in [0.3, 0.4) is 0 Å². The van der Waals surface area contributed by atoms with Gasteiger partial charge >= 0.3 is 5.97 Å². The molecule has 2 atom stereocenters. The SMILES string of the molecule is O=C(CCC1CCCNC1)N[C@@H](CCO)C(=O)O. The van der Waals surface area contributed by atoms with Crippen LogP contribution in [0.15, 0.2) is 0 Å². The summed E-state index contributed by atoms with van der Waals surface area (Å²) in [5.74, 6) is -0.844. The van der Waals surface area contributed by atoms with Gasteiger partial charge in [-0.05, 0) is 38.3 Å². The Bertz CT molecular complexity index is 277. The molecule has 1 amide bonds. The molecule has 1 aliphatic rings. The molecule has 6 nitrogen and oxygen atoms in total. The summed E-state index contributed by atoms with van der Waals surface area (Å²) in [6, 6.07) is -0.980. The molecule has 0 saturated carbocycles. The van der Waals surface area contributed by atoms with Crippen molar-refractivity contribution in [2.24, 2.45) is 5.92 Å². The second-order valence-electron chi connectivity index (χ2n) is 4.72. The molecule has 0 aromatic heterocycles. The van der Waals surface area contributed by atoms with Gasteiger partial charge in [-0.15, -0.1) is 0 Å². The highest BCUT2D eigenvalue weighted by Gasteiger charge is 2.20. The molecule has 0 spiro atoms. The number of carboxylic acid groups (broad SMARTS) is 1. The van der Waals surface area contributed by atoms with E-state index in [4.69, 9.17) is 10.2 Å². The fourth-order valence-corrected chi connectivity index (χ4v) is 2.16. The van der Waals surface area contributed by atoms with Crippen molar-refractivity contribution in [1.82, 2.24) is 10.6 Å². The van der Waals surface area contributed by atoms with Gasteiger partial charge in [-0.1, -0.05) is 0 Å². The Kier molecular flexibility index (Phi) is 6.67. The van der Waals surface area contributed by atoms with Crippen LogP contribution in [-0.2, 0) is 9.59 Å². The average Bonchev–Trinajstić information content (AvgIpc) is 2.37. The molecule has 1 saturated heterocycles. The maximum Gasteiger partial charge on any atom is 0.326 e. The highest BCUT2D eigenvalue weighted by atomic mass is 16.4. The van der Waals surface area contributed by atoms with Crippen molar-refractivity contribution in [3.05, 3.63) is 0 Å². The molecule has 6 heteroatoms. The molecule has 1 rings (SSSR count). The van der Waals surface area contributed by atoms with Gasteiger partial charge in [0.25, 0.3) is 0 Å². The van der Waals surface area contributed by atoms with Crippen LogP contribution in [0.2, 0.25) is 0 Å². The number of hydrogen-bond acceptors (Lipinski definition) is 4. The van der Waals surface area contributed by atoms with Gasteiger partial charge in [0, 0.05) is 19.4 Å². The molecule has 1 fully saturated rings. The molecule has 104 valence electrons. The van der Waals surface area contributed by atoms with Gasteiger partial charge in [-0.3, -0.25) is 4.79 Å². The summed E-state index contributed by atoms with van der Waals surface area (Å²) in [5.41, 5.74) is 0. The van der Waals surface area contributed by atoms with E-state index in [1.165, 1.54) is 0 Å². The Morgan fingerprint density at radius 3 is 2.78 bits per heavy atom. The van der Waals surface area contributed by atoms with Crippen LogP contribution in [0.25, 0.3) is 0 Å². The van der Waals surface area contributed by atoms with Crippen LogP contribution >= 0.6 is 0 Å². The van der Waals surface area contributed by atoms with Gasteiger partial charge in [-0.25, -0.2) is 4.79 Å². The molecule has 1 unspecified atom stereocenters. The molecule has 4 N–H and O–H groups in total. The van der Waals surface area contributed by atoms with E-state index in [2.05, 4.69) is 10.6 Å². The van der Waals surface area contributed by atoms with Crippen molar-refractivity contribution in [2.45, 2.75) is 38.1 Å². The lowest BCUT2D eigenvalue weighted by atomic mass is 9.94. The summed E-state index contributed by atoms with van der Waals surface area (Å²) in [6.45, 7) is 1.73. The molecule has 0 aromatic carbocycles. The largest absolute Gasteiger partial charge is 0.480 e. The van der Waals surface area contributed by atoms with Gasteiger partial charge in [-0.2, -0.15) is 0 Å². The Balaban J connectivity index is 2.24. The maximum atomic E-state index is 11.6. The van der Waals surface area contributed by atoms with E-state index in [1.54, 1.807) is 0 Å². The first-order valence-electron chi connectivity index (χ1n) is 6.47. The Hall–Kier alpha value is -1.14. The first-order valence-corrected chi connectivity index (χ1v) is 6.47. The molecule has 0 aliphatic carbocycles.